The van der Waals surface area contributed by atoms with Gasteiger partial charge in [0, 0.05) is 10.6 Å². The summed E-state index contributed by atoms with van der Waals surface area (Å²) in [6.07, 6.45) is 2.93. The Morgan fingerprint density at radius 1 is 1.34 bits per heavy atom. The average Bonchev–Trinajstić information content (AvgIpc) is 3.09. The molecule has 1 atom stereocenters. The zero-order valence-electron chi connectivity index (χ0n) is 18.2. The predicted molar refractivity (Wildman–Crippen MR) is 123 cm³/mol. The standard InChI is InChI=1S/C23H24N4O4Si/c1-5-8-23(4)19-18(21(29)27-32-23)16(17(20(24)28)14(25-19)9-11(2)3)12-6-7-13-15(10-12)31-22(30)26-13/h5-7,10-11H,1,8-9H2,2-4H3,(H2,24,28)(H,26,30)(H,27,29)/t23-/m0/s1. The molecule has 4 N–H and O–H groups in total. The number of rotatable bonds is 6. The van der Waals surface area contributed by atoms with Gasteiger partial charge in [0.05, 0.1) is 28.0 Å². The van der Waals surface area contributed by atoms with Crippen molar-refractivity contribution in [2.45, 2.75) is 38.7 Å². The highest BCUT2D eigenvalue weighted by Gasteiger charge is 2.41. The van der Waals surface area contributed by atoms with Crippen molar-refractivity contribution in [2.24, 2.45) is 11.7 Å². The molecule has 0 spiro atoms. The van der Waals surface area contributed by atoms with E-state index in [2.05, 4.69) is 16.5 Å². The summed E-state index contributed by atoms with van der Waals surface area (Å²) in [5.41, 5.74) is 9.40. The third-order valence-electron chi connectivity index (χ3n) is 5.58. The minimum absolute atomic E-state index is 0.111. The summed E-state index contributed by atoms with van der Waals surface area (Å²) < 4.78 is 5.22. The molecule has 0 fully saturated rings. The number of allylic oxidation sites excluding steroid dienone is 1. The SMILES string of the molecule is C=CC[C@]1(C)[Si]NC(=O)c2c1nc(CC(C)C)c(C(N)=O)c2-c1ccc2[nH]c(=O)oc2c1. The molecule has 1 aliphatic rings. The highest BCUT2D eigenvalue weighted by atomic mass is 28.2. The fourth-order valence-electron chi connectivity index (χ4n) is 4.20. The van der Waals surface area contributed by atoms with Crippen LogP contribution in [0.1, 0.15) is 59.3 Å². The summed E-state index contributed by atoms with van der Waals surface area (Å²) in [6, 6.07) is 5.06. The van der Waals surface area contributed by atoms with E-state index < -0.39 is 16.7 Å². The summed E-state index contributed by atoms with van der Waals surface area (Å²) in [5.74, 6) is -1.34. The van der Waals surface area contributed by atoms with Gasteiger partial charge in [-0.25, -0.2) is 4.79 Å². The van der Waals surface area contributed by atoms with Crippen LogP contribution in [0.3, 0.4) is 0 Å². The van der Waals surface area contributed by atoms with Crippen LogP contribution in [0.15, 0.2) is 40.1 Å². The Bertz CT molecular complexity index is 1320. The molecule has 2 aromatic heterocycles. The summed E-state index contributed by atoms with van der Waals surface area (Å²) in [5, 5.41) is -0.466. The molecule has 9 heteroatoms. The number of primary amides is 1. The fraction of sp³-hybridized carbons (Fsp3) is 0.304. The van der Waals surface area contributed by atoms with Crippen LogP contribution in [-0.4, -0.2) is 31.5 Å². The topological polar surface area (TPSA) is 131 Å². The largest absolute Gasteiger partial charge is 0.417 e. The second kappa shape index (κ2) is 7.90. The van der Waals surface area contributed by atoms with E-state index >= 15 is 0 Å². The fourth-order valence-corrected chi connectivity index (χ4v) is 5.26. The van der Waals surface area contributed by atoms with Crippen LogP contribution >= 0.6 is 0 Å². The molecule has 164 valence electrons. The minimum Gasteiger partial charge on any atom is -0.408 e. The molecule has 2 radical (unpaired) electrons. The molecule has 1 aliphatic heterocycles. The number of nitrogens with one attached hydrogen (secondary N) is 2. The first-order valence-corrected chi connectivity index (χ1v) is 11.3. The Morgan fingerprint density at radius 2 is 2.09 bits per heavy atom. The molecule has 32 heavy (non-hydrogen) atoms. The number of aromatic amines is 1. The van der Waals surface area contributed by atoms with E-state index in [-0.39, 0.29) is 27.1 Å². The van der Waals surface area contributed by atoms with Gasteiger partial charge in [0.2, 0.25) is 5.91 Å². The van der Waals surface area contributed by atoms with E-state index in [4.69, 9.17) is 15.1 Å². The maximum Gasteiger partial charge on any atom is 0.417 e. The number of nitrogens with two attached hydrogens (primary N) is 1. The van der Waals surface area contributed by atoms with Crippen LogP contribution in [0, 0.1) is 5.92 Å². The van der Waals surface area contributed by atoms with Crippen molar-refractivity contribution in [3.05, 3.63) is 63.9 Å². The van der Waals surface area contributed by atoms with Crippen LogP contribution in [0.4, 0.5) is 0 Å². The second-order valence-electron chi connectivity index (χ2n) is 8.62. The number of oxazole rings is 1. The van der Waals surface area contributed by atoms with Crippen molar-refractivity contribution in [3.8, 4) is 11.1 Å². The molecule has 3 aromatic rings. The Balaban J connectivity index is 2.13. The molecule has 4 rings (SSSR count). The van der Waals surface area contributed by atoms with Gasteiger partial charge >= 0.3 is 5.76 Å². The number of amides is 2. The van der Waals surface area contributed by atoms with Gasteiger partial charge in [0.25, 0.3) is 5.91 Å². The summed E-state index contributed by atoms with van der Waals surface area (Å²) >= 11 is 0. The van der Waals surface area contributed by atoms with Crippen molar-refractivity contribution in [3.63, 3.8) is 0 Å². The molecule has 0 saturated heterocycles. The Morgan fingerprint density at radius 3 is 2.75 bits per heavy atom. The van der Waals surface area contributed by atoms with E-state index in [0.29, 0.717) is 52.0 Å². The lowest BCUT2D eigenvalue weighted by molar-refractivity contribution is 0.0972. The first-order valence-electron chi connectivity index (χ1n) is 10.3. The van der Waals surface area contributed by atoms with Gasteiger partial charge in [-0.15, -0.1) is 6.58 Å². The van der Waals surface area contributed by atoms with Crippen LogP contribution in [-0.2, 0) is 11.5 Å². The normalized spacial score (nSPS) is 17.9. The highest BCUT2D eigenvalue weighted by Crippen LogP contribution is 2.40. The monoisotopic (exact) mass is 448 g/mol. The minimum atomic E-state index is -0.659. The van der Waals surface area contributed by atoms with Crippen molar-refractivity contribution in [1.82, 2.24) is 15.0 Å². The van der Waals surface area contributed by atoms with Gasteiger partial charge in [0.15, 0.2) is 15.3 Å². The number of aromatic nitrogens is 2. The highest BCUT2D eigenvalue weighted by molar-refractivity contribution is 6.45. The third kappa shape index (κ3) is 3.58. The van der Waals surface area contributed by atoms with Crippen LogP contribution in [0.2, 0.25) is 0 Å². The number of fused-ring (bicyclic) bond motifs is 2. The number of pyridine rings is 1. The van der Waals surface area contributed by atoms with Gasteiger partial charge in [-0.3, -0.25) is 19.6 Å². The molecule has 0 unspecified atom stereocenters. The van der Waals surface area contributed by atoms with E-state index in [1.165, 1.54) is 0 Å². The zero-order valence-corrected chi connectivity index (χ0v) is 19.2. The van der Waals surface area contributed by atoms with Gasteiger partial charge in [-0.2, -0.15) is 0 Å². The maximum atomic E-state index is 13.1. The lowest BCUT2D eigenvalue weighted by Gasteiger charge is -2.35. The molecule has 3 heterocycles. The van der Waals surface area contributed by atoms with Crippen LogP contribution < -0.4 is 16.5 Å². The van der Waals surface area contributed by atoms with E-state index in [9.17, 15) is 14.4 Å². The molecule has 0 aliphatic carbocycles. The predicted octanol–water partition coefficient (Wildman–Crippen LogP) is 2.63. The quantitative estimate of drug-likeness (QED) is 0.394. The number of benzene rings is 1. The van der Waals surface area contributed by atoms with Crippen LogP contribution in [0.25, 0.3) is 22.2 Å². The number of carbonyl (C=O) groups excluding carboxylic acids is 2. The lowest BCUT2D eigenvalue weighted by atomic mass is 9.85. The van der Waals surface area contributed by atoms with Crippen molar-refractivity contribution in [1.29, 1.82) is 0 Å². The van der Waals surface area contributed by atoms with E-state index in [1.807, 2.05) is 20.8 Å². The third-order valence-corrected chi connectivity index (χ3v) is 6.93. The number of H-pyrrole nitrogens is 1. The number of carbonyl (C=O) groups is 2. The first-order chi connectivity index (χ1) is 15.1. The number of nitrogens with zero attached hydrogens (tertiary/aromatic N) is 1. The van der Waals surface area contributed by atoms with Gasteiger partial charge in [-0.05, 0) is 36.5 Å². The second-order valence-corrected chi connectivity index (χ2v) is 10.2. The van der Waals surface area contributed by atoms with Gasteiger partial charge < -0.3 is 15.1 Å². The number of hydrogen-bond donors (Lipinski definition) is 3. The Kier molecular flexibility index (Phi) is 5.37. The smallest absolute Gasteiger partial charge is 0.408 e. The van der Waals surface area contributed by atoms with E-state index in [0.717, 1.165) is 0 Å². The molecule has 0 bridgehead atoms. The average molecular weight is 449 g/mol. The Hall–Kier alpha value is -3.46. The Labute approximate surface area is 187 Å². The van der Waals surface area contributed by atoms with Crippen molar-refractivity contribution in [2.75, 3.05) is 0 Å². The zero-order chi connectivity index (χ0) is 23.2. The van der Waals surface area contributed by atoms with Crippen LogP contribution in [0.5, 0.6) is 0 Å². The lowest BCUT2D eigenvalue weighted by Crippen LogP contribution is -2.49. The van der Waals surface area contributed by atoms with Crippen molar-refractivity contribution >= 4 is 32.6 Å². The molecule has 1 aromatic carbocycles. The molecule has 2 amide bonds. The molecular formula is C23H24N4O4Si. The molecule has 0 saturated carbocycles. The molecular weight excluding hydrogens is 424 g/mol. The van der Waals surface area contributed by atoms with E-state index in [1.54, 1.807) is 24.3 Å². The van der Waals surface area contributed by atoms with Gasteiger partial charge in [0.1, 0.15) is 0 Å². The van der Waals surface area contributed by atoms with Crippen molar-refractivity contribution < 1.29 is 14.0 Å². The summed E-state index contributed by atoms with van der Waals surface area (Å²) in [7, 11) is 0.111. The maximum absolute atomic E-state index is 13.1. The first kappa shape index (κ1) is 21.8. The van der Waals surface area contributed by atoms with Gasteiger partial charge in [-0.1, -0.05) is 32.9 Å². The molecule has 8 nitrogen and oxygen atoms in total. The number of hydrogen-bond acceptors (Lipinski definition) is 5. The summed E-state index contributed by atoms with van der Waals surface area (Å²) in [6.45, 7) is 9.96. The summed E-state index contributed by atoms with van der Waals surface area (Å²) in [4.78, 5) is 47.9.